The van der Waals surface area contributed by atoms with Gasteiger partial charge in [-0.3, -0.25) is 0 Å². The van der Waals surface area contributed by atoms with Crippen LogP contribution in [0.2, 0.25) is 0 Å². The van der Waals surface area contributed by atoms with Crippen LogP contribution in [0.5, 0.6) is 0 Å². The van der Waals surface area contributed by atoms with Gasteiger partial charge in [0, 0.05) is 0 Å². The summed E-state index contributed by atoms with van der Waals surface area (Å²) in [5.41, 5.74) is 7.23. The van der Waals surface area contributed by atoms with Crippen molar-refractivity contribution in [2.24, 2.45) is 21.9 Å². The highest BCUT2D eigenvalue weighted by molar-refractivity contribution is 5.65. The van der Waals surface area contributed by atoms with Gasteiger partial charge in [0.15, 0.2) is 0 Å². The van der Waals surface area contributed by atoms with E-state index in [9.17, 15) is 8.78 Å². The van der Waals surface area contributed by atoms with Crippen molar-refractivity contribution in [2.75, 3.05) is 0 Å². The molecule has 4 heteroatoms. The van der Waals surface area contributed by atoms with E-state index in [1.807, 2.05) is 0 Å². The molecule has 1 aromatic carbocycles. The average molecular weight is 320 g/mol. The third-order valence-corrected chi connectivity index (χ3v) is 5.64. The van der Waals surface area contributed by atoms with E-state index in [2.05, 4.69) is 32.8 Å². The van der Waals surface area contributed by atoms with Crippen molar-refractivity contribution >= 4 is 5.70 Å². The quantitative estimate of drug-likeness (QED) is 0.595. The average Bonchev–Trinajstić information content (AvgIpc) is 2.89. The number of halogens is 2. The maximum Gasteiger partial charge on any atom is 0.135 e. The lowest BCUT2D eigenvalue weighted by Gasteiger charge is -2.40. The fourth-order valence-corrected chi connectivity index (χ4v) is 4.28. The van der Waals surface area contributed by atoms with Gasteiger partial charge in [0.2, 0.25) is 0 Å². The molecule has 0 heterocycles. The van der Waals surface area contributed by atoms with Crippen molar-refractivity contribution < 1.29 is 8.78 Å². The molecule has 0 radical (unpaired) electrons. The maximum atomic E-state index is 14.0. The minimum atomic E-state index is -0.673. The molecule has 0 aliphatic heterocycles. The van der Waals surface area contributed by atoms with Crippen LogP contribution in [0.15, 0.2) is 29.4 Å². The van der Waals surface area contributed by atoms with Crippen LogP contribution < -0.4 is 0 Å². The van der Waals surface area contributed by atoms with Gasteiger partial charge < -0.3 is 0 Å². The molecule has 1 aromatic rings. The molecule has 1 aliphatic carbocycles. The van der Waals surface area contributed by atoms with Crippen LogP contribution in [-0.2, 0) is 0 Å². The lowest BCUT2D eigenvalue weighted by atomic mass is 9.64. The molecule has 0 spiro atoms. The first-order valence-corrected chi connectivity index (χ1v) is 8.30. The smallest absolute Gasteiger partial charge is 0.135 e. The van der Waals surface area contributed by atoms with Crippen molar-refractivity contribution in [2.45, 2.75) is 53.4 Å². The SMILES string of the molecule is CC[C@]1(C)CCC[C@H]1C(C)(C)/C=C(\N=N)c1c(F)cccc1F. The summed E-state index contributed by atoms with van der Waals surface area (Å²) >= 11 is 0. The van der Waals surface area contributed by atoms with Crippen LogP contribution in [0.1, 0.15) is 58.9 Å². The summed E-state index contributed by atoms with van der Waals surface area (Å²) in [6.07, 6.45) is 6.31. The number of allylic oxidation sites excluding steroid dienone is 1. The molecule has 126 valence electrons. The molecule has 2 rings (SSSR count). The molecule has 0 amide bonds. The van der Waals surface area contributed by atoms with Crippen LogP contribution in [-0.4, -0.2) is 0 Å². The molecule has 1 saturated carbocycles. The van der Waals surface area contributed by atoms with Crippen LogP contribution in [0.3, 0.4) is 0 Å². The van der Waals surface area contributed by atoms with Gasteiger partial charge in [0.05, 0.1) is 11.3 Å². The molecule has 1 N–H and O–H groups in total. The molecule has 2 atom stereocenters. The highest BCUT2D eigenvalue weighted by Crippen LogP contribution is 2.54. The third kappa shape index (κ3) is 3.36. The molecule has 0 unspecified atom stereocenters. The molecule has 0 saturated heterocycles. The van der Waals surface area contributed by atoms with Crippen molar-refractivity contribution in [1.82, 2.24) is 0 Å². The van der Waals surface area contributed by atoms with Gasteiger partial charge in [0.25, 0.3) is 0 Å². The number of nitrogens with one attached hydrogen (secondary N) is 1. The van der Waals surface area contributed by atoms with Gasteiger partial charge in [-0.05, 0) is 41.7 Å². The van der Waals surface area contributed by atoms with Crippen molar-refractivity contribution in [3.63, 3.8) is 0 Å². The Kier molecular flexibility index (Phi) is 5.02. The summed E-state index contributed by atoms with van der Waals surface area (Å²) in [6, 6.07) is 3.73. The second-order valence-electron chi connectivity index (χ2n) is 7.51. The van der Waals surface area contributed by atoms with E-state index in [1.165, 1.54) is 31.0 Å². The molecule has 0 bridgehead atoms. The molecule has 1 aliphatic rings. The Labute approximate surface area is 137 Å². The summed E-state index contributed by atoms with van der Waals surface area (Å²) in [6.45, 7) is 8.66. The second-order valence-corrected chi connectivity index (χ2v) is 7.51. The highest BCUT2D eigenvalue weighted by atomic mass is 19.1. The first-order chi connectivity index (χ1) is 10.7. The fraction of sp³-hybridized carbons (Fsp3) is 0.579. The summed E-state index contributed by atoms with van der Waals surface area (Å²) in [5.74, 6) is -0.938. The largest absolute Gasteiger partial charge is 0.206 e. The van der Waals surface area contributed by atoms with Crippen LogP contribution in [0.4, 0.5) is 8.78 Å². The van der Waals surface area contributed by atoms with E-state index >= 15 is 0 Å². The number of hydrogen-bond donors (Lipinski definition) is 1. The highest BCUT2D eigenvalue weighted by Gasteiger charge is 2.44. The summed E-state index contributed by atoms with van der Waals surface area (Å²) in [5, 5.41) is 3.44. The van der Waals surface area contributed by atoms with Gasteiger partial charge in [-0.2, -0.15) is 5.11 Å². The molecule has 0 aromatic heterocycles. The Morgan fingerprint density at radius 3 is 2.52 bits per heavy atom. The fourth-order valence-electron chi connectivity index (χ4n) is 4.28. The summed E-state index contributed by atoms with van der Waals surface area (Å²) in [4.78, 5) is 0. The zero-order valence-electron chi connectivity index (χ0n) is 14.4. The number of nitrogens with zero attached hydrogens (tertiary/aromatic N) is 1. The second kappa shape index (κ2) is 6.50. The predicted molar refractivity (Wildman–Crippen MR) is 89.0 cm³/mol. The van der Waals surface area contributed by atoms with Gasteiger partial charge in [0.1, 0.15) is 11.6 Å². The van der Waals surface area contributed by atoms with E-state index in [0.29, 0.717) is 5.92 Å². The summed E-state index contributed by atoms with van der Waals surface area (Å²) in [7, 11) is 0. The molecule has 1 fully saturated rings. The topological polar surface area (TPSA) is 36.2 Å². The lowest BCUT2D eigenvalue weighted by molar-refractivity contribution is 0.121. The summed E-state index contributed by atoms with van der Waals surface area (Å²) < 4.78 is 28.1. The standard InChI is InChI=1S/C19H26F2N2/c1-5-19(4)11-7-10-16(19)18(2,3)12-15(23-22)17-13(20)8-6-9-14(17)21/h6,8-9,12,16,22H,5,7,10-11H2,1-4H3/b15-12-,23-22?/t16-,19+/m0/s1. The molecule has 2 nitrogen and oxygen atoms in total. The number of hydrogen-bond acceptors (Lipinski definition) is 2. The monoisotopic (exact) mass is 320 g/mol. The van der Waals surface area contributed by atoms with Crippen LogP contribution in [0.25, 0.3) is 5.70 Å². The van der Waals surface area contributed by atoms with Gasteiger partial charge in [-0.1, -0.05) is 52.7 Å². The zero-order valence-corrected chi connectivity index (χ0v) is 14.4. The third-order valence-electron chi connectivity index (χ3n) is 5.64. The van der Waals surface area contributed by atoms with E-state index in [0.717, 1.165) is 12.8 Å². The Hall–Kier alpha value is -1.58. The maximum absolute atomic E-state index is 14.0. The minimum Gasteiger partial charge on any atom is -0.206 e. The normalized spacial score (nSPS) is 25.7. The number of rotatable bonds is 5. The van der Waals surface area contributed by atoms with Gasteiger partial charge in [-0.25, -0.2) is 14.3 Å². The first-order valence-electron chi connectivity index (χ1n) is 8.30. The molecular formula is C19H26F2N2. The van der Waals surface area contributed by atoms with E-state index in [-0.39, 0.29) is 22.1 Å². The molecular weight excluding hydrogens is 294 g/mol. The van der Waals surface area contributed by atoms with Crippen LogP contribution in [0, 0.1) is 33.9 Å². The van der Waals surface area contributed by atoms with Crippen molar-refractivity contribution in [3.8, 4) is 0 Å². The Morgan fingerprint density at radius 2 is 2.00 bits per heavy atom. The van der Waals surface area contributed by atoms with Gasteiger partial charge >= 0.3 is 0 Å². The Bertz CT molecular complexity index is 602. The zero-order chi connectivity index (χ0) is 17.3. The first kappa shape index (κ1) is 17.8. The molecule has 23 heavy (non-hydrogen) atoms. The Balaban J connectivity index is 2.46. The van der Waals surface area contributed by atoms with Crippen molar-refractivity contribution in [3.05, 3.63) is 41.5 Å². The van der Waals surface area contributed by atoms with E-state index in [4.69, 9.17) is 5.53 Å². The Morgan fingerprint density at radius 1 is 1.39 bits per heavy atom. The predicted octanol–water partition coefficient (Wildman–Crippen LogP) is 6.58. The van der Waals surface area contributed by atoms with Gasteiger partial charge in [-0.15, -0.1) is 0 Å². The minimum absolute atomic E-state index is 0.0796. The van der Waals surface area contributed by atoms with Crippen LogP contribution >= 0.6 is 0 Å². The van der Waals surface area contributed by atoms with E-state index in [1.54, 1.807) is 6.08 Å². The number of benzene rings is 1. The van der Waals surface area contributed by atoms with E-state index < -0.39 is 11.6 Å². The van der Waals surface area contributed by atoms with Crippen molar-refractivity contribution in [1.29, 1.82) is 5.53 Å². The lowest BCUT2D eigenvalue weighted by Crippen LogP contribution is -2.32.